The molecule has 10 atom stereocenters. The van der Waals surface area contributed by atoms with Crippen LogP contribution in [0.3, 0.4) is 0 Å². The van der Waals surface area contributed by atoms with E-state index in [-0.39, 0.29) is 5.41 Å². The molecule has 0 aliphatic heterocycles. The SMILES string of the molecule is C/C=C/[C@@H](C)C1=CC[C@H]2[C@@H]3[C@H](C)C[C@@H]4C[C@H](C)CC[C@]4(C)[C@H]3C[C@@H](OC)[C@]12C. The Morgan fingerprint density at radius 2 is 1.89 bits per heavy atom. The molecule has 1 heteroatoms. The van der Waals surface area contributed by atoms with Gasteiger partial charge in [-0.3, -0.25) is 0 Å². The Labute approximate surface area is 174 Å². The van der Waals surface area contributed by atoms with Crippen LogP contribution in [0, 0.1) is 52.3 Å². The Morgan fingerprint density at radius 1 is 1.14 bits per heavy atom. The maximum Gasteiger partial charge on any atom is 0.0668 e. The highest BCUT2D eigenvalue weighted by atomic mass is 16.5. The summed E-state index contributed by atoms with van der Waals surface area (Å²) in [5.74, 6) is 5.75. The monoisotopic (exact) mass is 384 g/mol. The number of methoxy groups -OCH3 is 1. The van der Waals surface area contributed by atoms with Gasteiger partial charge in [0, 0.05) is 12.5 Å². The molecule has 0 amide bonds. The molecule has 158 valence electrons. The van der Waals surface area contributed by atoms with Crippen LogP contribution in [0.2, 0.25) is 0 Å². The molecule has 0 aromatic heterocycles. The molecule has 0 spiro atoms. The van der Waals surface area contributed by atoms with E-state index in [4.69, 9.17) is 4.74 Å². The van der Waals surface area contributed by atoms with Gasteiger partial charge in [0.25, 0.3) is 0 Å². The lowest BCUT2D eigenvalue weighted by molar-refractivity contribution is -0.176. The van der Waals surface area contributed by atoms with Gasteiger partial charge < -0.3 is 4.74 Å². The van der Waals surface area contributed by atoms with E-state index in [9.17, 15) is 0 Å². The molecule has 0 heterocycles. The second kappa shape index (κ2) is 7.29. The van der Waals surface area contributed by atoms with Gasteiger partial charge in [-0.1, -0.05) is 64.8 Å². The summed E-state index contributed by atoms with van der Waals surface area (Å²) in [6.07, 6.45) is 16.0. The highest BCUT2D eigenvalue weighted by Gasteiger charge is 2.63. The van der Waals surface area contributed by atoms with Gasteiger partial charge in [-0.2, -0.15) is 0 Å². The molecule has 1 nitrogen and oxygen atoms in total. The predicted octanol–water partition coefficient (Wildman–Crippen LogP) is 7.28. The molecule has 0 saturated heterocycles. The number of rotatable bonds is 3. The average Bonchev–Trinajstić information content (AvgIpc) is 3.00. The summed E-state index contributed by atoms with van der Waals surface area (Å²) in [5, 5.41) is 0. The number of allylic oxidation sites excluding steroid dienone is 3. The molecule has 0 bridgehead atoms. The zero-order chi connectivity index (χ0) is 20.3. The summed E-state index contributed by atoms with van der Waals surface area (Å²) in [6, 6.07) is 0. The minimum absolute atomic E-state index is 0.217. The Bertz CT molecular complexity index is 647. The molecular weight excluding hydrogens is 340 g/mol. The van der Waals surface area contributed by atoms with E-state index in [1.807, 2.05) is 7.11 Å². The van der Waals surface area contributed by atoms with Gasteiger partial charge in [0.15, 0.2) is 0 Å². The van der Waals surface area contributed by atoms with E-state index in [0.717, 1.165) is 35.5 Å². The first kappa shape index (κ1) is 20.7. The number of hydrogen-bond donors (Lipinski definition) is 0. The van der Waals surface area contributed by atoms with Crippen molar-refractivity contribution in [1.82, 2.24) is 0 Å². The van der Waals surface area contributed by atoms with Crippen LogP contribution < -0.4 is 0 Å². The second-order valence-corrected chi connectivity index (χ2v) is 11.5. The fourth-order valence-corrected chi connectivity index (χ4v) is 8.83. The molecular formula is C27H44O. The molecule has 0 radical (unpaired) electrons. The summed E-state index contributed by atoms with van der Waals surface area (Å²) in [6.45, 7) is 14.9. The first-order valence-corrected chi connectivity index (χ1v) is 12.1. The molecule has 0 aromatic carbocycles. The zero-order valence-electron chi connectivity index (χ0n) is 19.5. The third-order valence-corrected chi connectivity index (χ3v) is 10.3. The number of ether oxygens (including phenoxy) is 1. The Kier molecular flexibility index (Phi) is 5.39. The van der Waals surface area contributed by atoms with Crippen LogP contribution in [0.1, 0.15) is 80.1 Å². The van der Waals surface area contributed by atoms with Crippen molar-refractivity contribution in [3.05, 3.63) is 23.8 Å². The Morgan fingerprint density at radius 3 is 2.57 bits per heavy atom. The lowest BCUT2D eigenvalue weighted by Gasteiger charge is -2.64. The highest BCUT2D eigenvalue weighted by Crippen LogP contribution is 2.68. The van der Waals surface area contributed by atoms with Crippen LogP contribution in [0.25, 0.3) is 0 Å². The largest absolute Gasteiger partial charge is 0.381 e. The normalized spacial score (nSPS) is 52.0. The van der Waals surface area contributed by atoms with E-state index in [1.165, 1.54) is 38.5 Å². The van der Waals surface area contributed by atoms with Crippen molar-refractivity contribution in [2.45, 2.75) is 86.2 Å². The molecule has 0 aromatic rings. The first-order valence-electron chi connectivity index (χ1n) is 12.1. The summed E-state index contributed by atoms with van der Waals surface area (Å²) in [4.78, 5) is 0. The maximum absolute atomic E-state index is 6.33. The Hall–Kier alpha value is -0.560. The molecule has 4 aliphatic rings. The highest BCUT2D eigenvalue weighted by molar-refractivity contribution is 5.32. The van der Waals surface area contributed by atoms with Gasteiger partial charge in [0.05, 0.1) is 6.10 Å². The minimum Gasteiger partial charge on any atom is -0.381 e. The molecule has 0 N–H and O–H groups in total. The maximum atomic E-state index is 6.33. The van der Waals surface area contributed by atoms with Crippen LogP contribution in [0.5, 0.6) is 0 Å². The van der Waals surface area contributed by atoms with Crippen molar-refractivity contribution < 1.29 is 4.74 Å². The van der Waals surface area contributed by atoms with Crippen molar-refractivity contribution in [3.63, 3.8) is 0 Å². The molecule has 4 aliphatic carbocycles. The van der Waals surface area contributed by atoms with Gasteiger partial charge in [0.1, 0.15) is 0 Å². The first-order chi connectivity index (χ1) is 13.3. The fourth-order valence-electron chi connectivity index (χ4n) is 8.83. The standard InChI is InChI=1S/C27H44O/c1-8-9-18(3)21-10-11-22-25-19(4)15-20-14-17(2)12-13-26(20,5)23(25)16-24(28-7)27(21,22)6/h8-10,17-20,22-25H,11-16H2,1-7H3/b9-8+/t17-,18-,19-,20+,22+,23+,24-,25+,26+,27-/m1/s1. The topological polar surface area (TPSA) is 9.23 Å². The van der Waals surface area contributed by atoms with Crippen molar-refractivity contribution in [2.24, 2.45) is 52.3 Å². The van der Waals surface area contributed by atoms with Crippen molar-refractivity contribution in [2.75, 3.05) is 7.11 Å². The number of hydrogen-bond acceptors (Lipinski definition) is 1. The van der Waals surface area contributed by atoms with Gasteiger partial charge >= 0.3 is 0 Å². The molecule has 3 fully saturated rings. The minimum atomic E-state index is 0.217. The van der Waals surface area contributed by atoms with Gasteiger partial charge in [-0.05, 0) is 85.9 Å². The zero-order valence-corrected chi connectivity index (χ0v) is 19.5. The summed E-state index contributed by atoms with van der Waals surface area (Å²) in [7, 11) is 1.98. The van der Waals surface area contributed by atoms with Gasteiger partial charge in [-0.15, -0.1) is 0 Å². The van der Waals surface area contributed by atoms with Crippen LogP contribution in [-0.4, -0.2) is 13.2 Å². The van der Waals surface area contributed by atoms with Crippen LogP contribution >= 0.6 is 0 Å². The van der Waals surface area contributed by atoms with Crippen LogP contribution in [0.4, 0.5) is 0 Å². The van der Waals surface area contributed by atoms with E-state index in [0.29, 0.717) is 17.4 Å². The molecule has 28 heavy (non-hydrogen) atoms. The number of fused-ring (bicyclic) bond motifs is 5. The quantitative estimate of drug-likeness (QED) is 0.464. The van der Waals surface area contributed by atoms with Gasteiger partial charge in [0.2, 0.25) is 0 Å². The van der Waals surface area contributed by atoms with Crippen molar-refractivity contribution in [1.29, 1.82) is 0 Å². The van der Waals surface area contributed by atoms with Crippen LogP contribution in [-0.2, 0) is 4.74 Å². The summed E-state index contributed by atoms with van der Waals surface area (Å²) in [5.41, 5.74) is 2.42. The van der Waals surface area contributed by atoms with Crippen LogP contribution in [0.15, 0.2) is 23.8 Å². The van der Waals surface area contributed by atoms with E-state index in [2.05, 4.69) is 59.8 Å². The molecule has 4 rings (SSSR count). The third-order valence-electron chi connectivity index (χ3n) is 10.3. The van der Waals surface area contributed by atoms with E-state index < -0.39 is 0 Å². The van der Waals surface area contributed by atoms with Crippen molar-refractivity contribution in [3.8, 4) is 0 Å². The summed E-state index contributed by atoms with van der Waals surface area (Å²) < 4.78 is 6.33. The smallest absolute Gasteiger partial charge is 0.0668 e. The lowest BCUT2D eigenvalue weighted by Crippen LogP contribution is -2.60. The molecule has 0 unspecified atom stereocenters. The van der Waals surface area contributed by atoms with E-state index in [1.54, 1.807) is 5.57 Å². The molecule has 3 saturated carbocycles. The average molecular weight is 385 g/mol. The lowest BCUT2D eigenvalue weighted by atomic mass is 9.41. The summed E-state index contributed by atoms with van der Waals surface area (Å²) >= 11 is 0. The second-order valence-electron chi connectivity index (χ2n) is 11.5. The Balaban J connectivity index is 1.71. The predicted molar refractivity (Wildman–Crippen MR) is 119 cm³/mol. The third kappa shape index (κ3) is 2.82. The van der Waals surface area contributed by atoms with Crippen molar-refractivity contribution >= 4 is 0 Å². The van der Waals surface area contributed by atoms with Gasteiger partial charge in [-0.25, -0.2) is 0 Å². The fraction of sp³-hybridized carbons (Fsp3) is 0.852. The van der Waals surface area contributed by atoms with E-state index >= 15 is 0 Å².